The van der Waals surface area contributed by atoms with E-state index in [9.17, 15) is 61.0 Å². The Hall–Kier alpha value is -3.55. The second-order valence-electron chi connectivity index (χ2n) is 27.1. The van der Waals surface area contributed by atoms with Gasteiger partial charge in [-0.15, -0.1) is 0 Å². The van der Waals surface area contributed by atoms with Gasteiger partial charge >= 0.3 is 0 Å². The van der Waals surface area contributed by atoms with E-state index in [1.807, 2.05) is 6.08 Å². The molecule has 3 heterocycles. The molecule has 99 heavy (non-hydrogen) atoms. The highest BCUT2D eigenvalue weighted by Gasteiger charge is 2.53. The lowest BCUT2D eigenvalue weighted by molar-refractivity contribution is -0.379. The van der Waals surface area contributed by atoms with Crippen LogP contribution in [0.1, 0.15) is 258 Å². The van der Waals surface area contributed by atoms with Gasteiger partial charge in [0, 0.05) is 6.42 Å². The summed E-state index contributed by atoms with van der Waals surface area (Å²) in [7, 11) is 0. The van der Waals surface area contributed by atoms with E-state index in [1.165, 1.54) is 122 Å². The zero-order chi connectivity index (χ0) is 71.8. The summed E-state index contributed by atoms with van der Waals surface area (Å²) in [5.74, 6) is -0.307. The first kappa shape index (κ1) is 89.7. The van der Waals surface area contributed by atoms with Gasteiger partial charge in [-0.05, 0) is 96.3 Å². The maximum absolute atomic E-state index is 13.4. The summed E-state index contributed by atoms with van der Waals surface area (Å²) in [6.07, 6.45) is 55.0. The largest absolute Gasteiger partial charge is 0.394 e. The average Bonchev–Trinajstić information content (AvgIpc) is 0.755. The molecule has 0 aromatic rings. The van der Waals surface area contributed by atoms with Gasteiger partial charge in [0.2, 0.25) is 5.91 Å². The Kier molecular flexibility index (Phi) is 54.2. The molecule has 12 N–H and O–H groups in total. The normalized spacial score (nSPS) is 27.2. The third-order valence-corrected chi connectivity index (χ3v) is 18.5. The Bertz CT molecular complexity index is 2220. The van der Waals surface area contributed by atoms with Crippen LogP contribution < -0.4 is 5.32 Å². The van der Waals surface area contributed by atoms with Gasteiger partial charge in [-0.2, -0.15) is 0 Å². The average molecular weight is 1400 g/mol. The van der Waals surface area contributed by atoms with E-state index in [1.54, 1.807) is 6.08 Å². The summed E-state index contributed by atoms with van der Waals surface area (Å²) in [4.78, 5) is 13.4. The maximum atomic E-state index is 13.4. The molecular weight excluding hydrogens is 1260 g/mol. The first-order valence-corrected chi connectivity index (χ1v) is 38.6. The molecular formula is C80H137NO18. The van der Waals surface area contributed by atoms with Crippen molar-refractivity contribution < 1.29 is 89.4 Å². The summed E-state index contributed by atoms with van der Waals surface area (Å²) in [5.41, 5.74) is 0. The molecule has 1 amide bonds. The lowest BCUT2D eigenvalue weighted by atomic mass is 9.96. The topological polar surface area (TPSA) is 307 Å². The number of unbranched alkanes of at least 4 members (excludes halogenated alkanes) is 27. The summed E-state index contributed by atoms with van der Waals surface area (Å²) >= 11 is 0. The minimum absolute atomic E-state index is 0.208. The van der Waals surface area contributed by atoms with Crippen LogP contribution >= 0.6 is 0 Å². The van der Waals surface area contributed by atoms with Crippen molar-refractivity contribution >= 4 is 5.91 Å². The van der Waals surface area contributed by atoms with Gasteiger partial charge < -0.3 is 89.9 Å². The van der Waals surface area contributed by atoms with E-state index >= 15 is 0 Å². The fourth-order valence-corrected chi connectivity index (χ4v) is 12.3. The number of amides is 1. The summed E-state index contributed by atoms with van der Waals surface area (Å²) in [5, 5.41) is 121. The van der Waals surface area contributed by atoms with E-state index in [4.69, 9.17) is 28.4 Å². The number of ether oxygens (including phenoxy) is 6. The Morgan fingerprint density at radius 3 is 1.13 bits per heavy atom. The number of hydrogen-bond donors (Lipinski definition) is 12. The maximum Gasteiger partial charge on any atom is 0.220 e. The van der Waals surface area contributed by atoms with Crippen LogP contribution in [0.2, 0.25) is 0 Å². The van der Waals surface area contributed by atoms with Crippen LogP contribution in [0.3, 0.4) is 0 Å². The van der Waals surface area contributed by atoms with Gasteiger partial charge in [0.1, 0.15) is 73.2 Å². The molecule has 17 unspecified atom stereocenters. The van der Waals surface area contributed by atoms with Crippen molar-refractivity contribution in [2.45, 2.75) is 362 Å². The smallest absolute Gasteiger partial charge is 0.220 e. The van der Waals surface area contributed by atoms with Crippen molar-refractivity contribution in [1.29, 1.82) is 0 Å². The molecule has 0 radical (unpaired) electrons. The van der Waals surface area contributed by atoms with Crippen molar-refractivity contribution in [1.82, 2.24) is 5.32 Å². The van der Waals surface area contributed by atoms with E-state index in [0.717, 1.165) is 103 Å². The Labute approximate surface area is 595 Å². The highest BCUT2D eigenvalue weighted by atomic mass is 16.8. The van der Waals surface area contributed by atoms with Crippen LogP contribution in [0.25, 0.3) is 0 Å². The van der Waals surface area contributed by atoms with Crippen molar-refractivity contribution in [3.05, 3.63) is 109 Å². The fourth-order valence-electron chi connectivity index (χ4n) is 12.3. The van der Waals surface area contributed by atoms with Crippen LogP contribution in [0.15, 0.2) is 109 Å². The first-order chi connectivity index (χ1) is 48.3. The van der Waals surface area contributed by atoms with Gasteiger partial charge in [-0.25, -0.2) is 0 Å². The third kappa shape index (κ3) is 40.3. The zero-order valence-electron chi connectivity index (χ0n) is 60.7. The molecule has 19 nitrogen and oxygen atoms in total. The van der Waals surface area contributed by atoms with Crippen LogP contribution in [0, 0.1) is 0 Å². The van der Waals surface area contributed by atoms with Gasteiger partial charge in [0.05, 0.1) is 38.6 Å². The molecule has 3 aliphatic heterocycles. The Morgan fingerprint density at radius 2 is 0.707 bits per heavy atom. The molecule has 3 fully saturated rings. The number of nitrogens with one attached hydrogen (secondary N) is 1. The van der Waals surface area contributed by atoms with Crippen LogP contribution in [0.4, 0.5) is 0 Å². The molecule has 0 saturated carbocycles. The van der Waals surface area contributed by atoms with E-state index in [-0.39, 0.29) is 18.9 Å². The molecule has 0 aliphatic carbocycles. The van der Waals surface area contributed by atoms with Gasteiger partial charge in [-0.3, -0.25) is 4.79 Å². The second kappa shape index (κ2) is 59.8. The molecule has 3 saturated heterocycles. The van der Waals surface area contributed by atoms with Crippen molar-refractivity contribution in [3.8, 4) is 0 Å². The summed E-state index contributed by atoms with van der Waals surface area (Å²) < 4.78 is 34.4. The monoisotopic (exact) mass is 1400 g/mol. The predicted molar refractivity (Wildman–Crippen MR) is 392 cm³/mol. The summed E-state index contributed by atoms with van der Waals surface area (Å²) in [6.45, 7) is 1.59. The predicted octanol–water partition coefficient (Wildman–Crippen LogP) is 12.2. The molecule has 17 atom stereocenters. The van der Waals surface area contributed by atoms with E-state index in [0.29, 0.717) is 12.8 Å². The van der Waals surface area contributed by atoms with Gasteiger partial charge in [-0.1, -0.05) is 264 Å². The van der Waals surface area contributed by atoms with E-state index in [2.05, 4.69) is 116 Å². The first-order valence-electron chi connectivity index (χ1n) is 38.6. The Balaban J connectivity index is 1.43. The number of aliphatic hydroxyl groups is 11. The molecule has 0 bridgehead atoms. The minimum Gasteiger partial charge on any atom is -0.394 e. The lowest BCUT2D eigenvalue weighted by Crippen LogP contribution is -2.66. The highest BCUT2D eigenvalue weighted by Crippen LogP contribution is 2.33. The van der Waals surface area contributed by atoms with Gasteiger partial charge in [0.25, 0.3) is 0 Å². The highest BCUT2D eigenvalue weighted by molar-refractivity contribution is 5.76. The summed E-state index contributed by atoms with van der Waals surface area (Å²) in [6, 6.07) is -1.01. The molecule has 0 aromatic heterocycles. The van der Waals surface area contributed by atoms with Crippen LogP contribution in [-0.2, 0) is 33.2 Å². The van der Waals surface area contributed by atoms with Crippen molar-refractivity contribution in [3.63, 3.8) is 0 Å². The Morgan fingerprint density at radius 1 is 0.374 bits per heavy atom. The van der Waals surface area contributed by atoms with Crippen LogP contribution in [0.5, 0.6) is 0 Å². The minimum atomic E-state index is -1.99. The number of aliphatic hydroxyl groups excluding tert-OH is 11. The molecule has 0 aromatic carbocycles. The zero-order valence-corrected chi connectivity index (χ0v) is 60.7. The quantitative estimate of drug-likeness (QED) is 0.0199. The third-order valence-electron chi connectivity index (χ3n) is 18.5. The number of carbonyl (C=O) groups is 1. The molecule has 3 aliphatic rings. The SMILES string of the molecule is CC/C=C\C/C=C\C/C=C\C/C=C\C/C=C\C/C=C\CCCCCCCCC(=O)NC(COC1OC(CO)C(OC2OC(CO)C(OC3OC(CO)C(O)C(O)C3O)C(O)C2O)C(O)C1O)C(O)/C=C/CC/C=C/CC/C=C/CCCCCCCCCCCCCCCCCCCCC. The van der Waals surface area contributed by atoms with Crippen LogP contribution in [-0.4, -0.2) is 193 Å². The van der Waals surface area contributed by atoms with E-state index < -0.39 is 124 Å². The molecule has 19 heteroatoms. The number of carbonyl (C=O) groups excluding carboxylic acids is 1. The van der Waals surface area contributed by atoms with Crippen molar-refractivity contribution in [2.75, 3.05) is 26.4 Å². The fraction of sp³-hybridized carbons (Fsp3) is 0.762. The molecule has 0 spiro atoms. The number of hydrogen-bond acceptors (Lipinski definition) is 18. The van der Waals surface area contributed by atoms with Crippen molar-refractivity contribution in [2.24, 2.45) is 0 Å². The molecule has 3 rings (SSSR count). The van der Waals surface area contributed by atoms with Gasteiger partial charge in [0.15, 0.2) is 18.9 Å². The lowest BCUT2D eigenvalue weighted by Gasteiger charge is -2.48. The standard InChI is InChI=1S/C80H137NO18/c1-3-5-7-9-11-13-15-17-19-21-23-25-27-29-30-31-32-34-35-37-39-41-43-45-47-49-51-53-55-57-64(85)63(81-68(86)58-56-54-52-50-48-46-44-42-40-38-36-33-28-26-24-22-20-18-16-14-12-10-8-6-4-2)62-94-78-74(92)71(89)76(66(60-83)96-78)99-80-75(93)72(90)77(67(61-84)97-80)98-79-73(91)70(88)69(87)65(59-82)95-79/h6,8,12,14,18,20,24,26,33,36,39-42,47,49,55,57,63-67,69-80,82-85,87-93H,3-5,7,9-11,13,15-17,19,21-23,25,27-32,34-35,37-38,43-46,48,50-54,56,58-62H2,1-2H3,(H,81,86)/b8-6-,14-12-,20-18-,26-24-,36-33-,41-39+,42-40-,49-47+,57-55+. The second-order valence-corrected chi connectivity index (χ2v) is 27.1. The molecule has 570 valence electrons. The number of rotatable bonds is 59. The number of allylic oxidation sites excluding steroid dienone is 17.